The van der Waals surface area contributed by atoms with Gasteiger partial charge >= 0.3 is 0 Å². The molecule has 0 aromatic heterocycles. The van der Waals surface area contributed by atoms with Crippen LogP contribution in [0.25, 0.3) is 10.4 Å². The molecule has 0 saturated heterocycles. The molecule has 0 aliphatic rings. The van der Waals surface area contributed by atoms with Gasteiger partial charge in [-0.2, -0.15) is 0 Å². The second-order valence-corrected chi connectivity index (χ2v) is 4.13. The molecule has 92 valence electrons. The van der Waals surface area contributed by atoms with Crippen molar-refractivity contribution < 1.29 is 9.47 Å². The maximum Gasteiger partial charge on any atom is 0.139 e. The summed E-state index contributed by atoms with van der Waals surface area (Å²) in [6.07, 6.45) is 1.59. The lowest BCUT2D eigenvalue weighted by molar-refractivity contribution is 0.386. The lowest BCUT2D eigenvalue weighted by Crippen LogP contribution is -1.97. The van der Waals surface area contributed by atoms with E-state index in [1.165, 1.54) is 0 Å². The first-order valence-electron chi connectivity index (χ1n) is 5.14. The van der Waals surface area contributed by atoms with Gasteiger partial charge in [-0.05, 0) is 45.9 Å². The van der Waals surface area contributed by atoms with E-state index in [1.54, 1.807) is 14.2 Å². The molecule has 0 spiro atoms. The largest absolute Gasteiger partial charge is 0.495 e. The van der Waals surface area contributed by atoms with Crippen molar-refractivity contribution >= 4 is 15.9 Å². The summed E-state index contributed by atoms with van der Waals surface area (Å²) >= 11 is 3.44. The Morgan fingerprint density at radius 2 is 2.12 bits per heavy atom. The molecule has 1 aromatic rings. The van der Waals surface area contributed by atoms with E-state index in [1.807, 2.05) is 12.1 Å². The van der Waals surface area contributed by atoms with Crippen LogP contribution in [0, 0.1) is 0 Å². The Morgan fingerprint density at radius 1 is 1.35 bits per heavy atom. The summed E-state index contributed by atoms with van der Waals surface area (Å²) in [5.41, 5.74) is 9.25. The van der Waals surface area contributed by atoms with Crippen LogP contribution in [-0.4, -0.2) is 20.8 Å². The lowest BCUT2D eigenvalue weighted by Gasteiger charge is -2.12. The smallest absolute Gasteiger partial charge is 0.139 e. The molecule has 0 saturated carbocycles. The van der Waals surface area contributed by atoms with E-state index in [0.717, 1.165) is 34.4 Å². The molecule has 17 heavy (non-hydrogen) atoms. The number of ether oxygens (including phenoxy) is 2. The summed E-state index contributed by atoms with van der Waals surface area (Å²) in [6, 6.07) is 3.84. The molecule has 0 N–H and O–H groups in total. The Kier molecular flexibility index (Phi) is 5.66. The van der Waals surface area contributed by atoms with Gasteiger partial charge in [0.1, 0.15) is 16.0 Å². The molecule has 0 radical (unpaired) electrons. The highest BCUT2D eigenvalue weighted by atomic mass is 79.9. The number of benzene rings is 1. The van der Waals surface area contributed by atoms with E-state index >= 15 is 0 Å². The number of hydrogen-bond donors (Lipinski definition) is 0. The third kappa shape index (κ3) is 3.54. The quantitative estimate of drug-likeness (QED) is 0.348. The molecule has 0 fully saturated rings. The molecule has 1 rings (SSSR count). The van der Waals surface area contributed by atoms with Crippen LogP contribution in [0.5, 0.6) is 11.5 Å². The van der Waals surface area contributed by atoms with Gasteiger partial charge in [0.2, 0.25) is 0 Å². The first-order valence-corrected chi connectivity index (χ1v) is 5.94. The predicted molar refractivity (Wildman–Crippen MR) is 69.6 cm³/mol. The van der Waals surface area contributed by atoms with Gasteiger partial charge in [0.25, 0.3) is 0 Å². The Morgan fingerprint density at radius 3 is 2.71 bits per heavy atom. The number of methoxy groups -OCH3 is 2. The molecule has 6 heteroatoms. The Hall–Kier alpha value is -1.39. The Labute approximate surface area is 108 Å². The van der Waals surface area contributed by atoms with Crippen molar-refractivity contribution in [1.29, 1.82) is 0 Å². The molecule has 0 unspecified atom stereocenters. The predicted octanol–water partition coefficient (Wildman–Crippen LogP) is 3.71. The number of rotatable bonds is 6. The average Bonchev–Trinajstić information content (AvgIpc) is 2.35. The summed E-state index contributed by atoms with van der Waals surface area (Å²) in [5.74, 6) is 1.51. The molecule has 5 nitrogen and oxygen atoms in total. The van der Waals surface area contributed by atoms with E-state index in [9.17, 15) is 0 Å². The summed E-state index contributed by atoms with van der Waals surface area (Å²) in [6.45, 7) is 0.489. The average molecular weight is 300 g/mol. The van der Waals surface area contributed by atoms with Crippen LogP contribution in [0.3, 0.4) is 0 Å². The zero-order chi connectivity index (χ0) is 12.7. The van der Waals surface area contributed by atoms with Crippen molar-refractivity contribution in [3.05, 3.63) is 32.6 Å². The summed E-state index contributed by atoms with van der Waals surface area (Å²) in [5, 5.41) is 3.50. The molecule has 1 aromatic carbocycles. The van der Waals surface area contributed by atoms with Crippen LogP contribution in [-0.2, 0) is 6.42 Å². The molecule has 0 atom stereocenters. The van der Waals surface area contributed by atoms with E-state index < -0.39 is 0 Å². The van der Waals surface area contributed by atoms with E-state index in [0.29, 0.717) is 6.54 Å². The monoisotopic (exact) mass is 299 g/mol. The zero-order valence-electron chi connectivity index (χ0n) is 9.81. The van der Waals surface area contributed by atoms with Gasteiger partial charge in [0.05, 0.1) is 14.2 Å². The second-order valence-electron chi connectivity index (χ2n) is 3.33. The van der Waals surface area contributed by atoms with Crippen molar-refractivity contribution in [2.24, 2.45) is 5.11 Å². The third-order valence-electron chi connectivity index (χ3n) is 2.33. The Bertz CT molecular complexity index is 431. The van der Waals surface area contributed by atoms with Crippen LogP contribution < -0.4 is 9.47 Å². The topological polar surface area (TPSA) is 67.2 Å². The molecule has 0 bridgehead atoms. The summed E-state index contributed by atoms with van der Waals surface area (Å²) in [7, 11) is 3.23. The molecule has 0 amide bonds. The molecule has 0 heterocycles. The molecular formula is C11H14BrN3O2. The number of aryl methyl sites for hydroxylation is 1. The fourth-order valence-electron chi connectivity index (χ4n) is 1.54. The molecule has 0 aliphatic carbocycles. The molecular weight excluding hydrogens is 286 g/mol. The summed E-state index contributed by atoms with van der Waals surface area (Å²) < 4.78 is 11.3. The number of azide groups is 1. The highest BCUT2D eigenvalue weighted by Gasteiger charge is 2.11. The van der Waals surface area contributed by atoms with Gasteiger partial charge in [-0.3, -0.25) is 0 Å². The Balaban J connectivity index is 2.84. The number of hydrogen-bond acceptors (Lipinski definition) is 3. The SMILES string of the molecule is COc1ccc(CCCN=[N+]=[N-])c(OC)c1Br. The van der Waals surface area contributed by atoms with Crippen molar-refractivity contribution in [1.82, 2.24) is 0 Å². The van der Waals surface area contributed by atoms with Gasteiger partial charge in [-0.15, -0.1) is 0 Å². The van der Waals surface area contributed by atoms with Crippen LogP contribution in [0.2, 0.25) is 0 Å². The highest BCUT2D eigenvalue weighted by molar-refractivity contribution is 9.10. The minimum Gasteiger partial charge on any atom is -0.495 e. The van der Waals surface area contributed by atoms with Gasteiger partial charge < -0.3 is 9.47 Å². The first kappa shape index (κ1) is 13.7. The maximum absolute atomic E-state index is 8.19. The normalized spacial score (nSPS) is 9.59. The van der Waals surface area contributed by atoms with E-state index in [2.05, 4.69) is 26.0 Å². The van der Waals surface area contributed by atoms with Crippen LogP contribution in [0.15, 0.2) is 21.7 Å². The number of halogens is 1. The van der Waals surface area contributed by atoms with Crippen LogP contribution in [0.4, 0.5) is 0 Å². The molecule has 0 aliphatic heterocycles. The van der Waals surface area contributed by atoms with Crippen molar-refractivity contribution in [3.8, 4) is 11.5 Å². The minimum atomic E-state index is 0.489. The fourth-order valence-corrected chi connectivity index (χ4v) is 2.25. The maximum atomic E-state index is 8.19. The van der Waals surface area contributed by atoms with Gasteiger partial charge in [0, 0.05) is 11.5 Å². The fraction of sp³-hybridized carbons (Fsp3) is 0.455. The van der Waals surface area contributed by atoms with E-state index in [4.69, 9.17) is 15.0 Å². The van der Waals surface area contributed by atoms with Gasteiger partial charge in [-0.1, -0.05) is 11.2 Å². The number of nitrogens with zero attached hydrogens (tertiary/aromatic N) is 3. The third-order valence-corrected chi connectivity index (χ3v) is 3.09. The van der Waals surface area contributed by atoms with Crippen LogP contribution in [0.1, 0.15) is 12.0 Å². The van der Waals surface area contributed by atoms with E-state index in [-0.39, 0.29) is 0 Å². The van der Waals surface area contributed by atoms with Gasteiger partial charge in [-0.25, -0.2) is 0 Å². The van der Waals surface area contributed by atoms with Gasteiger partial charge in [0.15, 0.2) is 0 Å². The second kappa shape index (κ2) is 7.04. The lowest BCUT2D eigenvalue weighted by atomic mass is 10.1. The highest BCUT2D eigenvalue weighted by Crippen LogP contribution is 2.37. The van der Waals surface area contributed by atoms with Crippen molar-refractivity contribution in [3.63, 3.8) is 0 Å². The zero-order valence-corrected chi connectivity index (χ0v) is 11.4. The minimum absolute atomic E-state index is 0.489. The first-order chi connectivity index (χ1) is 8.24. The van der Waals surface area contributed by atoms with Crippen molar-refractivity contribution in [2.75, 3.05) is 20.8 Å². The summed E-state index contributed by atoms with van der Waals surface area (Å²) in [4.78, 5) is 2.72. The van der Waals surface area contributed by atoms with Crippen molar-refractivity contribution in [2.45, 2.75) is 12.8 Å². The standard InChI is InChI=1S/C11H14BrN3O2/c1-16-9-6-5-8(4-3-7-14-15-13)11(17-2)10(9)12/h5-6H,3-4,7H2,1-2H3. The van der Waals surface area contributed by atoms with Crippen LogP contribution >= 0.6 is 15.9 Å².